The molecule has 0 fully saturated rings. The number of benzene rings is 1. The quantitative estimate of drug-likeness (QED) is 0.481. The lowest BCUT2D eigenvalue weighted by Crippen LogP contribution is -2.05. The highest BCUT2D eigenvalue weighted by Gasteiger charge is 2.07. The maximum absolute atomic E-state index is 11.7. The topological polar surface area (TPSA) is 60.8 Å². The highest BCUT2D eigenvalue weighted by Crippen LogP contribution is 2.13. The monoisotopic (exact) mass is 284 g/mol. The molecule has 21 heavy (non-hydrogen) atoms. The molecule has 0 atom stereocenters. The second-order valence-corrected chi connectivity index (χ2v) is 4.48. The van der Waals surface area contributed by atoms with Crippen molar-refractivity contribution in [3.63, 3.8) is 0 Å². The molecule has 0 saturated heterocycles. The smallest absolute Gasteiger partial charge is 0.367 e. The predicted molar refractivity (Wildman–Crippen MR) is 79.5 cm³/mol. The first-order chi connectivity index (χ1) is 10.2. The first-order valence-electron chi connectivity index (χ1n) is 6.47. The van der Waals surface area contributed by atoms with E-state index in [-0.39, 0.29) is 0 Å². The van der Waals surface area contributed by atoms with Crippen LogP contribution in [-0.2, 0) is 11.3 Å². The van der Waals surface area contributed by atoms with Crippen molar-refractivity contribution >= 4 is 11.7 Å². The third-order valence-corrected chi connectivity index (χ3v) is 2.78. The molecule has 0 spiro atoms. The molecule has 0 aliphatic rings. The van der Waals surface area contributed by atoms with Crippen LogP contribution in [0.3, 0.4) is 0 Å². The Kier molecular flexibility index (Phi) is 5.04. The number of aromatic nitrogens is 1. The van der Waals surface area contributed by atoms with Crippen LogP contribution in [0.1, 0.15) is 22.8 Å². The normalized spacial score (nSPS) is 11.0. The molecule has 0 unspecified atom stereocenters. The summed E-state index contributed by atoms with van der Waals surface area (Å²) in [6.07, 6.45) is 3.61. The van der Waals surface area contributed by atoms with Gasteiger partial charge in [-0.1, -0.05) is 17.3 Å². The van der Waals surface area contributed by atoms with Gasteiger partial charge in [0.2, 0.25) is 0 Å². The van der Waals surface area contributed by atoms with Gasteiger partial charge in [-0.3, -0.25) is 4.98 Å². The number of hydrogen-bond acceptors (Lipinski definition) is 5. The molecule has 0 N–H and O–H groups in total. The van der Waals surface area contributed by atoms with E-state index in [0.29, 0.717) is 17.7 Å². The number of methoxy groups -OCH3 is 1. The van der Waals surface area contributed by atoms with Crippen molar-refractivity contribution in [1.29, 1.82) is 0 Å². The first kappa shape index (κ1) is 14.7. The van der Waals surface area contributed by atoms with Crippen LogP contribution in [-0.4, -0.2) is 23.8 Å². The van der Waals surface area contributed by atoms with Gasteiger partial charge in [0, 0.05) is 18.8 Å². The van der Waals surface area contributed by atoms with Crippen molar-refractivity contribution in [3.8, 4) is 5.75 Å². The number of hydrogen-bond donors (Lipinski definition) is 0. The van der Waals surface area contributed by atoms with Crippen molar-refractivity contribution < 1.29 is 14.4 Å². The third-order valence-electron chi connectivity index (χ3n) is 2.78. The Balaban J connectivity index is 1.96. The SMILES string of the molecule is COc1cccc(C/C(C)=N/OC(=O)c2cccnc2)c1. The summed E-state index contributed by atoms with van der Waals surface area (Å²) in [6.45, 7) is 1.80. The van der Waals surface area contributed by atoms with Gasteiger partial charge in [0.15, 0.2) is 0 Å². The Morgan fingerprint density at radius 2 is 2.14 bits per heavy atom. The van der Waals surface area contributed by atoms with Crippen molar-refractivity contribution in [2.24, 2.45) is 5.16 Å². The molecule has 0 aliphatic heterocycles. The fourth-order valence-corrected chi connectivity index (χ4v) is 1.77. The van der Waals surface area contributed by atoms with E-state index < -0.39 is 5.97 Å². The van der Waals surface area contributed by atoms with Gasteiger partial charge in [-0.05, 0) is 36.8 Å². The summed E-state index contributed by atoms with van der Waals surface area (Å²) in [7, 11) is 1.62. The number of oxime groups is 1. The molecular weight excluding hydrogens is 268 g/mol. The molecule has 0 amide bonds. The van der Waals surface area contributed by atoms with Gasteiger partial charge in [-0.15, -0.1) is 0 Å². The van der Waals surface area contributed by atoms with E-state index in [9.17, 15) is 4.79 Å². The molecule has 0 bridgehead atoms. The first-order valence-corrected chi connectivity index (χ1v) is 6.47. The molecular formula is C16H16N2O3. The lowest BCUT2D eigenvalue weighted by atomic mass is 10.1. The fraction of sp³-hybridized carbons (Fsp3) is 0.188. The summed E-state index contributed by atoms with van der Waals surface area (Å²) in [5.74, 6) is 0.265. The van der Waals surface area contributed by atoms with Gasteiger partial charge in [-0.25, -0.2) is 4.79 Å². The average Bonchev–Trinajstić information content (AvgIpc) is 2.53. The zero-order valence-electron chi connectivity index (χ0n) is 11.9. The van der Waals surface area contributed by atoms with Gasteiger partial charge < -0.3 is 9.57 Å². The van der Waals surface area contributed by atoms with Crippen LogP contribution in [0.4, 0.5) is 0 Å². The summed E-state index contributed by atoms with van der Waals surface area (Å²) in [5, 5.41) is 3.85. The average molecular weight is 284 g/mol. The summed E-state index contributed by atoms with van der Waals surface area (Å²) in [5.41, 5.74) is 2.10. The molecule has 0 aliphatic carbocycles. The highest BCUT2D eigenvalue weighted by atomic mass is 16.7. The standard InChI is InChI=1S/C16H16N2O3/c1-12(9-13-5-3-7-15(10-13)20-2)18-21-16(19)14-6-4-8-17-11-14/h3-8,10-11H,9H2,1-2H3/b18-12+. The van der Waals surface area contributed by atoms with Gasteiger partial charge in [0.25, 0.3) is 0 Å². The van der Waals surface area contributed by atoms with Gasteiger partial charge in [-0.2, -0.15) is 0 Å². The van der Waals surface area contributed by atoms with Crippen molar-refractivity contribution in [3.05, 3.63) is 59.9 Å². The third kappa shape index (κ3) is 4.42. The summed E-state index contributed by atoms with van der Waals surface area (Å²) in [6, 6.07) is 11.0. The molecule has 2 rings (SSSR count). The van der Waals surface area contributed by atoms with E-state index in [4.69, 9.17) is 9.57 Å². The molecule has 5 heteroatoms. The Morgan fingerprint density at radius 1 is 1.29 bits per heavy atom. The molecule has 0 saturated carbocycles. The minimum atomic E-state index is -0.520. The van der Waals surface area contributed by atoms with E-state index >= 15 is 0 Å². The van der Waals surface area contributed by atoms with Crippen LogP contribution in [0.5, 0.6) is 5.75 Å². The summed E-state index contributed by atoms with van der Waals surface area (Å²) >= 11 is 0. The summed E-state index contributed by atoms with van der Waals surface area (Å²) < 4.78 is 5.16. The molecule has 5 nitrogen and oxygen atoms in total. The van der Waals surface area contributed by atoms with Gasteiger partial charge >= 0.3 is 5.97 Å². The maximum Gasteiger partial charge on any atom is 0.367 e. The van der Waals surface area contributed by atoms with Crippen LogP contribution < -0.4 is 4.74 Å². The molecule has 1 heterocycles. The zero-order valence-corrected chi connectivity index (χ0v) is 11.9. The Hall–Kier alpha value is -2.69. The number of ether oxygens (including phenoxy) is 1. The second kappa shape index (κ2) is 7.19. The number of pyridine rings is 1. The zero-order chi connectivity index (χ0) is 15.1. The van der Waals surface area contributed by atoms with E-state index in [1.807, 2.05) is 24.3 Å². The molecule has 1 aromatic carbocycles. The maximum atomic E-state index is 11.7. The largest absolute Gasteiger partial charge is 0.497 e. The van der Waals surface area contributed by atoms with E-state index in [0.717, 1.165) is 11.3 Å². The van der Waals surface area contributed by atoms with E-state index in [1.165, 1.54) is 6.20 Å². The number of rotatable bonds is 5. The molecule has 108 valence electrons. The lowest BCUT2D eigenvalue weighted by Gasteiger charge is -2.04. The minimum Gasteiger partial charge on any atom is -0.497 e. The van der Waals surface area contributed by atoms with Crippen LogP contribution in [0.2, 0.25) is 0 Å². The highest BCUT2D eigenvalue weighted by molar-refractivity contribution is 5.90. The van der Waals surface area contributed by atoms with Crippen LogP contribution in [0.25, 0.3) is 0 Å². The van der Waals surface area contributed by atoms with E-state index in [2.05, 4.69) is 10.1 Å². The number of carbonyl (C=O) groups excluding carboxylic acids is 1. The van der Waals surface area contributed by atoms with Gasteiger partial charge in [0.1, 0.15) is 5.75 Å². The van der Waals surface area contributed by atoms with Crippen molar-refractivity contribution in [1.82, 2.24) is 4.98 Å². The Labute approximate surface area is 123 Å². The molecule has 0 radical (unpaired) electrons. The second-order valence-electron chi connectivity index (χ2n) is 4.48. The summed E-state index contributed by atoms with van der Waals surface area (Å²) in [4.78, 5) is 20.5. The van der Waals surface area contributed by atoms with Gasteiger partial charge in [0.05, 0.1) is 18.4 Å². The Morgan fingerprint density at radius 3 is 2.86 bits per heavy atom. The minimum absolute atomic E-state index is 0.371. The van der Waals surface area contributed by atoms with E-state index in [1.54, 1.807) is 32.4 Å². The van der Waals surface area contributed by atoms with Crippen LogP contribution in [0, 0.1) is 0 Å². The number of nitrogens with zero attached hydrogens (tertiary/aromatic N) is 2. The van der Waals surface area contributed by atoms with Crippen molar-refractivity contribution in [2.75, 3.05) is 7.11 Å². The van der Waals surface area contributed by atoms with Crippen LogP contribution in [0.15, 0.2) is 53.9 Å². The molecule has 2 aromatic rings. The fourth-order valence-electron chi connectivity index (χ4n) is 1.77. The number of carbonyl (C=O) groups is 1. The molecule has 1 aromatic heterocycles. The Bertz CT molecular complexity index is 639. The predicted octanol–water partition coefficient (Wildman–Crippen LogP) is 2.87. The van der Waals surface area contributed by atoms with Crippen molar-refractivity contribution in [2.45, 2.75) is 13.3 Å². The van der Waals surface area contributed by atoms with Crippen LogP contribution >= 0.6 is 0 Å². The lowest BCUT2D eigenvalue weighted by molar-refractivity contribution is 0.0514.